The second-order valence-corrected chi connectivity index (χ2v) is 2.21. The summed E-state index contributed by atoms with van der Waals surface area (Å²) in [6, 6.07) is 6.00. The van der Waals surface area contributed by atoms with Gasteiger partial charge in [-0.15, -0.1) is 0 Å². The minimum atomic E-state index is 2.00. The van der Waals surface area contributed by atoms with Crippen LogP contribution in [0.4, 0.5) is 0 Å². The van der Waals surface area contributed by atoms with Crippen molar-refractivity contribution in [2.24, 2.45) is 7.05 Å². The third kappa shape index (κ3) is 6.78. The molecule has 0 saturated heterocycles. The highest BCUT2D eigenvalue weighted by Gasteiger charge is 1.78. The number of hydrogen-bond acceptors (Lipinski definition) is 0. The van der Waals surface area contributed by atoms with Gasteiger partial charge in [-0.1, -0.05) is 18.2 Å². The molecule has 60 valence electrons. The number of aromatic nitrogens is 1. The molecule has 0 aliphatic rings. The highest BCUT2D eigenvalue weighted by molar-refractivity contribution is 4.83. The van der Waals surface area contributed by atoms with E-state index in [4.69, 9.17) is 0 Å². The van der Waals surface area contributed by atoms with Crippen molar-refractivity contribution in [1.29, 1.82) is 0 Å². The van der Waals surface area contributed by atoms with Crippen molar-refractivity contribution in [2.45, 2.75) is 13.8 Å². The highest BCUT2D eigenvalue weighted by atomic mass is 14.9. The Morgan fingerprint density at radius 3 is 1.55 bits per heavy atom. The van der Waals surface area contributed by atoms with Gasteiger partial charge in [-0.2, -0.15) is 0 Å². The number of nitrogens with zero attached hydrogens (tertiary/aromatic N) is 1. The molecule has 0 fully saturated rings. The van der Waals surface area contributed by atoms with Crippen molar-refractivity contribution in [1.82, 2.24) is 0 Å². The first-order valence-electron chi connectivity index (χ1n) is 3.78. The molecule has 1 heteroatoms. The van der Waals surface area contributed by atoms with Crippen molar-refractivity contribution in [3.05, 3.63) is 42.7 Å². The lowest BCUT2D eigenvalue weighted by atomic mass is 10.5. The molecule has 0 unspecified atom stereocenters. The van der Waals surface area contributed by atoms with Gasteiger partial charge in [0, 0.05) is 12.1 Å². The van der Waals surface area contributed by atoms with E-state index >= 15 is 0 Å². The highest BCUT2D eigenvalue weighted by Crippen LogP contribution is 1.71. The van der Waals surface area contributed by atoms with Crippen molar-refractivity contribution in [3.63, 3.8) is 0 Å². The molecule has 11 heavy (non-hydrogen) atoms. The SMILES string of the molecule is C/C=C/C.C[n+]1ccccc1. The van der Waals surface area contributed by atoms with Crippen molar-refractivity contribution >= 4 is 0 Å². The van der Waals surface area contributed by atoms with Gasteiger partial charge in [0.1, 0.15) is 7.05 Å². The minimum Gasteiger partial charge on any atom is -0.208 e. The lowest BCUT2D eigenvalue weighted by Gasteiger charge is -1.77. The summed E-state index contributed by atoms with van der Waals surface area (Å²) in [5.41, 5.74) is 0. The zero-order valence-corrected chi connectivity index (χ0v) is 7.49. The Morgan fingerprint density at radius 1 is 0.909 bits per heavy atom. The standard InChI is InChI=1S/C6H8N.C4H8/c1-7-5-3-2-4-6-7;1-3-4-2/h2-6H,1H3;3-4H,1-2H3/q+1;/b;4-3+. The van der Waals surface area contributed by atoms with Gasteiger partial charge in [0.25, 0.3) is 0 Å². The van der Waals surface area contributed by atoms with E-state index in [1.54, 1.807) is 0 Å². The molecular weight excluding hydrogens is 134 g/mol. The molecule has 0 aliphatic carbocycles. The predicted octanol–water partition coefficient (Wildman–Crippen LogP) is 2.09. The van der Waals surface area contributed by atoms with Crippen LogP contribution in [0.1, 0.15) is 13.8 Å². The number of allylic oxidation sites excluding steroid dienone is 2. The number of aryl methyl sites for hydroxylation is 1. The van der Waals surface area contributed by atoms with Crippen LogP contribution in [0, 0.1) is 0 Å². The van der Waals surface area contributed by atoms with Gasteiger partial charge < -0.3 is 0 Å². The Kier molecular flexibility index (Phi) is 6.30. The fraction of sp³-hybridized carbons (Fsp3) is 0.300. The summed E-state index contributed by atoms with van der Waals surface area (Å²) in [4.78, 5) is 0. The van der Waals surface area contributed by atoms with Crippen LogP contribution < -0.4 is 4.57 Å². The number of hydrogen-bond donors (Lipinski definition) is 0. The van der Waals surface area contributed by atoms with Crippen LogP contribution in [0.2, 0.25) is 0 Å². The van der Waals surface area contributed by atoms with Gasteiger partial charge in [-0.3, -0.25) is 0 Å². The molecule has 1 rings (SSSR count). The average Bonchev–Trinajstić information content (AvgIpc) is 2.07. The van der Waals surface area contributed by atoms with E-state index in [0.717, 1.165) is 0 Å². The molecule has 0 aromatic carbocycles. The number of rotatable bonds is 0. The van der Waals surface area contributed by atoms with Gasteiger partial charge in [0.05, 0.1) is 0 Å². The molecule has 1 heterocycles. The molecule has 1 nitrogen and oxygen atoms in total. The van der Waals surface area contributed by atoms with Crippen LogP contribution in [0.25, 0.3) is 0 Å². The third-order valence-electron chi connectivity index (χ3n) is 1.20. The summed E-state index contributed by atoms with van der Waals surface area (Å²) in [5, 5.41) is 0. The normalized spacial score (nSPS) is 9.00. The summed E-state index contributed by atoms with van der Waals surface area (Å²) < 4.78 is 2.00. The Hall–Kier alpha value is -1.11. The Bertz CT molecular complexity index is 185. The Labute approximate surface area is 69.0 Å². The van der Waals surface area contributed by atoms with E-state index in [2.05, 4.69) is 0 Å². The minimum absolute atomic E-state index is 2.00. The molecular formula is C10H16N+. The summed E-state index contributed by atoms with van der Waals surface area (Å²) in [6.07, 6.45) is 8.00. The van der Waals surface area contributed by atoms with Crippen molar-refractivity contribution < 1.29 is 4.57 Å². The lowest BCUT2D eigenvalue weighted by molar-refractivity contribution is -0.671. The summed E-state index contributed by atoms with van der Waals surface area (Å²) >= 11 is 0. The molecule has 1 aromatic heterocycles. The first-order chi connectivity index (χ1) is 5.31. The summed E-state index contributed by atoms with van der Waals surface area (Å²) in [5.74, 6) is 0. The fourth-order valence-electron chi connectivity index (χ4n) is 0.485. The molecule has 0 amide bonds. The van der Waals surface area contributed by atoms with Gasteiger partial charge in [-0.25, -0.2) is 4.57 Å². The maximum atomic E-state index is 2.00. The van der Waals surface area contributed by atoms with E-state index in [0.29, 0.717) is 0 Å². The van der Waals surface area contributed by atoms with E-state index in [1.165, 1.54) is 0 Å². The quantitative estimate of drug-likeness (QED) is 0.394. The van der Waals surface area contributed by atoms with Gasteiger partial charge in [0.15, 0.2) is 12.4 Å². The first kappa shape index (κ1) is 9.89. The van der Waals surface area contributed by atoms with Gasteiger partial charge in [-0.05, 0) is 13.8 Å². The summed E-state index contributed by atoms with van der Waals surface area (Å²) in [6.45, 7) is 4.00. The second kappa shape index (κ2) is 7.00. The molecule has 0 bridgehead atoms. The largest absolute Gasteiger partial charge is 0.208 e. The van der Waals surface area contributed by atoms with E-state index in [9.17, 15) is 0 Å². The fourth-order valence-corrected chi connectivity index (χ4v) is 0.485. The van der Waals surface area contributed by atoms with Gasteiger partial charge in [0.2, 0.25) is 0 Å². The van der Waals surface area contributed by atoms with Crippen LogP contribution in [0.15, 0.2) is 42.7 Å². The van der Waals surface area contributed by atoms with Crippen LogP contribution >= 0.6 is 0 Å². The maximum Gasteiger partial charge on any atom is 0.168 e. The van der Waals surface area contributed by atoms with Gasteiger partial charge >= 0.3 is 0 Å². The van der Waals surface area contributed by atoms with E-state index in [1.807, 2.05) is 68.2 Å². The molecule has 0 atom stereocenters. The topological polar surface area (TPSA) is 3.88 Å². The monoisotopic (exact) mass is 150 g/mol. The van der Waals surface area contributed by atoms with E-state index in [-0.39, 0.29) is 0 Å². The smallest absolute Gasteiger partial charge is 0.168 e. The second-order valence-electron chi connectivity index (χ2n) is 2.21. The molecule has 0 spiro atoms. The van der Waals surface area contributed by atoms with Crippen molar-refractivity contribution in [2.75, 3.05) is 0 Å². The molecule has 1 aromatic rings. The van der Waals surface area contributed by atoms with Crippen LogP contribution in [-0.4, -0.2) is 0 Å². The first-order valence-corrected chi connectivity index (χ1v) is 3.78. The number of pyridine rings is 1. The average molecular weight is 150 g/mol. The molecule has 0 radical (unpaired) electrons. The van der Waals surface area contributed by atoms with E-state index < -0.39 is 0 Å². The Balaban J connectivity index is 0.000000218. The van der Waals surface area contributed by atoms with Crippen LogP contribution in [-0.2, 0) is 7.05 Å². The van der Waals surface area contributed by atoms with Crippen LogP contribution in [0.3, 0.4) is 0 Å². The predicted molar refractivity (Wildman–Crippen MR) is 48.1 cm³/mol. The van der Waals surface area contributed by atoms with Crippen LogP contribution in [0.5, 0.6) is 0 Å². The molecule has 0 N–H and O–H groups in total. The molecule has 0 saturated carbocycles. The lowest BCUT2D eigenvalue weighted by Crippen LogP contribution is -2.25. The van der Waals surface area contributed by atoms with Crippen molar-refractivity contribution in [3.8, 4) is 0 Å². The third-order valence-corrected chi connectivity index (χ3v) is 1.20. The zero-order valence-electron chi connectivity index (χ0n) is 7.49. The zero-order chi connectivity index (χ0) is 8.53. The molecule has 0 aliphatic heterocycles. The Morgan fingerprint density at radius 2 is 1.36 bits per heavy atom. The maximum absolute atomic E-state index is 2.00. The summed E-state index contributed by atoms with van der Waals surface area (Å²) in [7, 11) is 2.00.